The van der Waals surface area contributed by atoms with Gasteiger partial charge in [-0.1, -0.05) is 11.3 Å². The molecule has 0 fully saturated rings. The summed E-state index contributed by atoms with van der Waals surface area (Å²) in [5.41, 5.74) is 0.716. The van der Waals surface area contributed by atoms with Gasteiger partial charge in [-0.2, -0.15) is 5.10 Å². The summed E-state index contributed by atoms with van der Waals surface area (Å²) < 4.78 is 12.9. The SMILES string of the molecule is COc1ccc2nc(N(CCn3cccn3)C(=O)c3ccc([N+](=O)[O-])o3)sc2c1. The number of fused-ring (bicyclic) bond motifs is 1. The number of furan rings is 1. The Hall–Kier alpha value is -3.73. The molecule has 0 spiro atoms. The minimum absolute atomic E-state index is 0.131. The van der Waals surface area contributed by atoms with E-state index in [0.29, 0.717) is 22.9 Å². The Morgan fingerprint density at radius 1 is 1.38 bits per heavy atom. The molecule has 11 heteroatoms. The van der Waals surface area contributed by atoms with Crippen LogP contribution in [-0.2, 0) is 6.54 Å². The van der Waals surface area contributed by atoms with Gasteiger partial charge in [0.25, 0.3) is 5.91 Å². The predicted octanol–water partition coefficient (Wildman–Crippen LogP) is 3.35. The van der Waals surface area contributed by atoms with Crippen molar-refractivity contribution in [2.45, 2.75) is 6.54 Å². The second-order valence-electron chi connectivity index (χ2n) is 5.95. The molecule has 3 aromatic heterocycles. The van der Waals surface area contributed by atoms with E-state index in [4.69, 9.17) is 9.15 Å². The minimum Gasteiger partial charge on any atom is -0.497 e. The van der Waals surface area contributed by atoms with E-state index in [1.54, 1.807) is 36.3 Å². The molecular formula is C18H15N5O5S. The van der Waals surface area contributed by atoms with Gasteiger partial charge in [-0.25, -0.2) is 4.98 Å². The predicted molar refractivity (Wildman–Crippen MR) is 105 cm³/mol. The molecule has 1 amide bonds. The lowest BCUT2D eigenvalue weighted by Crippen LogP contribution is -2.33. The maximum atomic E-state index is 13.1. The van der Waals surface area contributed by atoms with Crippen LogP contribution in [0.1, 0.15) is 10.6 Å². The number of ether oxygens (including phenoxy) is 1. The van der Waals surface area contributed by atoms with Crippen molar-refractivity contribution in [1.82, 2.24) is 14.8 Å². The van der Waals surface area contributed by atoms with Crippen molar-refractivity contribution >= 4 is 38.5 Å². The van der Waals surface area contributed by atoms with Gasteiger partial charge in [0.2, 0.25) is 0 Å². The summed E-state index contributed by atoms with van der Waals surface area (Å²) in [5, 5.41) is 15.5. The fourth-order valence-corrected chi connectivity index (χ4v) is 3.75. The summed E-state index contributed by atoms with van der Waals surface area (Å²) in [7, 11) is 1.58. The highest BCUT2D eigenvalue weighted by Gasteiger charge is 2.26. The third kappa shape index (κ3) is 3.80. The molecule has 0 radical (unpaired) electrons. The smallest absolute Gasteiger partial charge is 0.433 e. The lowest BCUT2D eigenvalue weighted by molar-refractivity contribution is -0.402. The quantitative estimate of drug-likeness (QED) is 0.337. The number of thiazole rings is 1. The zero-order valence-corrected chi connectivity index (χ0v) is 16.0. The Labute approximate surface area is 168 Å². The van der Waals surface area contributed by atoms with Crippen LogP contribution in [-0.4, -0.2) is 39.2 Å². The molecule has 0 unspecified atom stereocenters. The molecule has 0 aliphatic heterocycles. The number of carbonyl (C=O) groups excluding carboxylic acids is 1. The number of rotatable bonds is 7. The van der Waals surface area contributed by atoms with Gasteiger partial charge in [0.05, 0.1) is 29.9 Å². The van der Waals surface area contributed by atoms with Crippen LogP contribution in [0.3, 0.4) is 0 Å². The van der Waals surface area contributed by atoms with Crippen LogP contribution in [0, 0.1) is 10.1 Å². The first-order chi connectivity index (χ1) is 14.0. The summed E-state index contributed by atoms with van der Waals surface area (Å²) in [6, 6.07) is 9.66. The van der Waals surface area contributed by atoms with Gasteiger partial charge in [0.15, 0.2) is 10.9 Å². The first-order valence-electron chi connectivity index (χ1n) is 8.53. The van der Waals surface area contributed by atoms with Gasteiger partial charge in [0, 0.05) is 18.9 Å². The zero-order valence-electron chi connectivity index (χ0n) is 15.2. The Kier molecular flexibility index (Phi) is 4.96. The second kappa shape index (κ2) is 7.72. The third-order valence-electron chi connectivity index (χ3n) is 4.15. The van der Waals surface area contributed by atoms with Gasteiger partial charge in [-0.05, 0) is 30.3 Å². The number of hydrogen-bond donors (Lipinski definition) is 0. The number of benzene rings is 1. The summed E-state index contributed by atoms with van der Waals surface area (Å²) >= 11 is 1.32. The molecule has 0 bridgehead atoms. The second-order valence-corrected chi connectivity index (χ2v) is 6.96. The molecule has 0 N–H and O–H groups in total. The van der Waals surface area contributed by atoms with Crippen LogP contribution in [0.4, 0.5) is 11.0 Å². The van der Waals surface area contributed by atoms with Gasteiger partial charge >= 0.3 is 5.88 Å². The molecule has 1 aromatic carbocycles. The van der Waals surface area contributed by atoms with Crippen molar-refractivity contribution in [3.05, 3.63) is 64.7 Å². The molecule has 148 valence electrons. The van der Waals surface area contributed by atoms with Crippen molar-refractivity contribution in [2.75, 3.05) is 18.6 Å². The maximum Gasteiger partial charge on any atom is 0.433 e. The van der Waals surface area contributed by atoms with Crippen LogP contribution >= 0.6 is 11.3 Å². The monoisotopic (exact) mass is 413 g/mol. The Morgan fingerprint density at radius 3 is 2.93 bits per heavy atom. The highest BCUT2D eigenvalue weighted by atomic mass is 32.1. The molecule has 29 heavy (non-hydrogen) atoms. The van der Waals surface area contributed by atoms with Crippen molar-refractivity contribution < 1.29 is 18.9 Å². The Morgan fingerprint density at radius 2 is 2.24 bits per heavy atom. The number of nitro groups is 1. The van der Waals surface area contributed by atoms with Crippen molar-refractivity contribution in [3.8, 4) is 5.75 Å². The Bertz CT molecular complexity index is 1170. The topological polar surface area (TPSA) is 117 Å². The summed E-state index contributed by atoms with van der Waals surface area (Å²) in [5.74, 6) is -0.455. The van der Waals surface area contributed by atoms with E-state index >= 15 is 0 Å². The first-order valence-corrected chi connectivity index (χ1v) is 9.35. The molecule has 0 aliphatic carbocycles. The van der Waals surface area contributed by atoms with E-state index in [1.165, 1.54) is 22.3 Å². The first kappa shape index (κ1) is 18.6. The zero-order chi connectivity index (χ0) is 20.4. The lowest BCUT2D eigenvalue weighted by atomic mass is 10.3. The molecule has 3 heterocycles. The Balaban J connectivity index is 1.68. The van der Waals surface area contributed by atoms with Crippen LogP contribution in [0.25, 0.3) is 10.2 Å². The van der Waals surface area contributed by atoms with Gasteiger partial charge in [0.1, 0.15) is 10.7 Å². The van der Waals surface area contributed by atoms with Gasteiger partial charge in [-0.15, -0.1) is 0 Å². The normalized spacial score (nSPS) is 10.9. The molecule has 10 nitrogen and oxygen atoms in total. The van der Waals surface area contributed by atoms with Crippen LogP contribution in [0.15, 0.2) is 53.2 Å². The average molecular weight is 413 g/mol. The van der Waals surface area contributed by atoms with E-state index in [-0.39, 0.29) is 12.3 Å². The van der Waals surface area contributed by atoms with Crippen LogP contribution < -0.4 is 9.64 Å². The largest absolute Gasteiger partial charge is 0.497 e. The number of nitrogens with zero attached hydrogens (tertiary/aromatic N) is 5. The summed E-state index contributed by atoms with van der Waals surface area (Å²) in [6.07, 6.45) is 3.43. The van der Waals surface area contributed by atoms with Crippen LogP contribution in [0.2, 0.25) is 0 Å². The number of aromatic nitrogens is 3. The van der Waals surface area contributed by atoms with E-state index in [9.17, 15) is 14.9 Å². The molecule has 0 atom stereocenters. The molecule has 4 aromatic rings. The fraction of sp³-hybridized carbons (Fsp3) is 0.167. The number of amides is 1. The van der Waals surface area contributed by atoms with Crippen molar-refractivity contribution in [2.24, 2.45) is 0 Å². The maximum absolute atomic E-state index is 13.1. The molecule has 0 aliphatic rings. The van der Waals surface area contributed by atoms with Crippen molar-refractivity contribution in [1.29, 1.82) is 0 Å². The van der Waals surface area contributed by atoms with E-state index in [1.807, 2.05) is 12.1 Å². The summed E-state index contributed by atoms with van der Waals surface area (Å²) in [4.78, 5) is 29.2. The van der Waals surface area contributed by atoms with E-state index in [0.717, 1.165) is 10.8 Å². The van der Waals surface area contributed by atoms with Crippen molar-refractivity contribution in [3.63, 3.8) is 0 Å². The number of carbonyl (C=O) groups is 1. The lowest BCUT2D eigenvalue weighted by Gasteiger charge is -2.18. The third-order valence-corrected chi connectivity index (χ3v) is 5.20. The minimum atomic E-state index is -0.686. The van der Waals surface area contributed by atoms with Gasteiger partial charge in [-0.3, -0.25) is 24.5 Å². The molecular weight excluding hydrogens is 398 g/mol. The highest BCUT2D eigenvalue weighted by molar-refractivity contribution is 7.22. The summed E-state index contributed by atoms with van der Waals surface area (Å²) in [6.45, 7) is 0.673. The van der Waals surface area contributed by atoms with Crippen LogP contribution in [0.5, 0.6) is 5.75 Å². The van der Waals surface area contributed by atoms with E-state index < -0.39 is 16.7 Å². The molecule has 0 saturated carbocycles. The number of methoxy groups -OCH3 is 1. The standard InChI is InChI=1S/C18H15N5O5S/c1-27-12-3-4-13-15(11-12)29-18(20-13)22(10-9-21-8-2-7-19-21)17(24)14-5-6-16(28-14)23(25)26/h2-8,11H,9-10H2,1H3. The fourth-order valence-electron chi connectivity index (χ4n) is 2.73. The number of anilines is 1. The van der Waals surface area contributed by atoms with E-state index in [2.05, 4.69) is 10.1 Å². The molecule has 0 saturated heterocycles. The number of hydrogen-bond acceptors (Lipinski definition) is 8. The highest BCUT2D eigenvalue weighted by Crippen LogP contribution is 2.32. The molecule has 4 rings (SSSR count). The average Bonchev–Trinajstić information content (AvgIpc) is 3.47. The van der Waals surface area contributed by atoms with Gasteiger partial charge < -0.3 is 9.15 Å².